The van der Waals surface area contributed by atoms with Crippen LogP contribution in [0, 0.1) is 16.0 Å². The van der Waals surface area contributed by atoms with Crippen molar-refractivity contribution >= 4 is 17.5 Å². The maximum atomic E-state index is 12.8. The molecule has 28 heavy (non-hydrogen) atoms. The highest BCUT2D eigenvalue weighted by Crippen LogP contribution is 2.26. The topological polar surface area (TPSA) is 110 Å². The molecule has 2 amide bonds. The molecular weight excluding hydrogens is 362 g/mol. The van der Waals surface area contributed by atoms with E-state index in [2.05, 4.69) is 10.3 Å². The van der Waals surface area contributed by atoms with Gasteiger partial charge in [0.25, 0.3) is 11.6 Å². The summed E-state index contributed by atoms with van der Waals surface area (Å²) >= 11 is 0. The number of hydrogen-bond donors (Lipinski definition) is 1. The molecule has 1 aliphatic heterocycles. The van der Waals surface area contributed by atoms with Gasteiger partial charge < -0.3 is 14.8 Å². The van der Waals surface area contributed by atoms with E-state index in [4.69, 9.17) is 0 Å². The molecule has 2 heterocycles. The molecule has 9 heteroatoms. The van der Waals surface area contributed by atoms with Crippen molar-refractivity contribution in [1.82, 2.24) is 19.8 Å². The van der Waals surface area contributed by atoms with Crippen molar-refractivity contribution in [3.05, 3.63) is 52.6 Å². The first-order valence-electron chi connectivity index (χ1n) is 9.35. The Morgan fingerprint density at radius 2 is 2.07 bits per heavy atom. The third-order valence-corrected chi connectivity index (χ3v) is 4.90. The van der Waals surface area contributed by atoms with Crippen LogP contribution in [-0.2, 0) is 4.79 Å². The molecule has 0 radical (unpaired) electrons. The molecule has 1 aliphatic rings. The molecule has 0 aliphatic carbocycles. The maximum Gasteiger partial charge on any atom is 0.294 e. The zero-order valence-corrected chi connectivity index (χ0v) is 15.7. The molecule has 3 rings (SSSR count). The second kappa shape index (κ2) is 8.64. The molecule has 1 aromatic heterocycles. The summed E-state index contributed by atoms with van der Waals surface area (Å²) in [4.78, 5) is 41.4. The van der Waals surface area contributed by atoms with Crippen molar-refractivity contribution in [2.75, 3.05) is 19.6 Å². The predicted octanol–water partition coefficient (Wildman–Crippen LogP) is 2.16. The van der Waals surface area contributed by atoms with Crippen molar-refractivity contribution in [3.63, 3.8) is 0 Å². The fraction of sp³-hybridized carbons (Fsp3) is 0.421. The lowest BCUT2D eigenvalue weighted by molar-refractivity contribution is -0.384. The Morgan fingerprint density at radius 1 is 1.32 bits per heavy atom. The van der Waals surface area contributed by atoms with Gasteiger partial charge in [0.2, 0.25) is 5.91 Å². The van der Waals surface area contributed by atoms with Gasteiger partial charge in [-0.15, -0.1) is 0 Å². The SMILES string of the molecule is CCCNC(=O)C1CCN(C(=O)c2ccc(-n3ccnc3)c([N+](=O)[O-])c2)CC1. The van der Waals surface area contributed by atoms with Crippen LogP contribution in [0.25, 0.3) is 5.69 Å². The number of aromatic nitrogens is 2. The molecule has 2 aromatic rings. The number of carbonyl (C=O) groups excluding carboxylic acids is 2. The summed E-state index contributed by atoms with van der Waals surface area (Å²) in [5, 5.41) is 14.4. The molecule has 1 N–H and O–H groups in total. The van der Waals surface area contributed by atoms with Crippen LogP contribution in [0.15, 0.2) is 36.9 Å². The summed E-state index contributed by atoms with van der Waals surface area (Å²) in [6, 6.07) is 4.44. The molecule has 0 bridgehead atoms. The summed E-state index contributed by atoms with van der Waals surface area (Å²) in [5.41, 5.74) is 0.465. The molecule has 0 saturated carbocycles. The second-order valence-corrected chi connectivity index (χ2v) is 6.79. The van der Waals surface area contributed by atoms with Crippen LogP contribution >= 0.6 is 0 Å². The standard InChI is InChI=1S/C19H23N5O4/c1-2-7-21-18(25)14-5-9-22(10-6-14)19(26)15-3-4-16(17(12-15)24(27)28)23-11-8-20-13-23/h3-4,8,11-14H,2,5-7,9-10H2,1H3,(H,21,25). The van der Waals surface area contributed by atoms with Crippen LogP contribution in [-0.4, -0.2) is 50.8 Å². The van der Waals surface area contributed by atoms with Gasteiger partial charge in [-0.1, -0.05) is 6.92 Å². The Kier molecular flexibility index (Phi) is 6.03. The fourth-order valence-electron chi connectivity index (χ4n) is 3.34. The highest BCUT2D eigenvalue weighted by molar-refractivity contribution is 5.95. The Labute approximate surface area is 162 Å². The number of nitro benzene ring substituents is 1. The zero-order chi connectivity index (χ0) is 20.1. The van der Waals surface area contributed by atoms with Gasteiger partial charge in [-0.25, -0.2) is 4.98 Å². The summed E-state index contributed by atoms with van der Waals surface area (Å²) < 4.78 is 1.53. The molecule has 0 atom stereocenters. The summed E-state index contributed by atoms with van der Waals surface area (Å²) in [6.07, 6.45) is 6.68. The van der Waals surface area contributed by atoms with Gasteiger partial charge in [-0.3, -0.25) is 19.7 Å². The molecule has 148 valence electrons. The number of imidazole rings is 1. The highest BCUT2D eigenvalue weighted by Gasteiger charge is 2.28. The lowest BCUT2D eigenvalue weighted by Crippen LogP contribution is -2.43. The average Bonchev–Trinajstić information content (AvgIpc) is 3.25. The van der Waals surface area contributed by atoms with Crippen molar-refractivity contribution < 1.29 is 14.5 Å². The quantitative estimate of drug-likeness (QED) is 0.605. The van der Waals surface area contributed by atoms with Crippen LogP contribution < -0.4 is 5.32 Å². The molecule has 1 saturated heterocycles. The van der Waals surface area contributed by atoms with Crippen LogP contribution in [0.2, 0.25) is 0 Å². The van der Waals surface area contributed by atoms with Crippen molar-refractivity contribution in [1.29, 1.82) is 0 Å². The lowest BCUT2D eigenvalue weighted by Gasteiger charge is -2.31. The van der Waals surface area contributed by atoms with E-state index in [1.165, 1.54) is 23.2 Å². The van der Waals surface area contributed by atoms with Crippen LogP contribution in [0.1, 0.15) is 36.5 Å². The van der Waals surface area contributed by atoms with E-state index in [0.29, 0.717) is 38.2 Å². The number of hydrogen-bond acceptors (Lipinski definition) is 5. The van der Waals surface area contributed by atoms with Gasteiger partial charge in [0.05, 0.1) is 11.3 Å². The minimum absolute atomic E-state index is 0.0364. The number of benzene rings is 1. The zero-order valence-electron chi connectivity index (χ0n) is 15.7. The number of nitrogens with one attached hydrogen (secondary N) is 1. The van der Waals surface area contributed by atoms with Gasteiger partial charge in [0, 0.05) is 49.6 Å². The fourth-order valence-corrected chi connectivity index (χ4v) is 3.34. The summed E-state index contributed by atoms with van der Waals surface area (Å²) in [5.74, 6) is -0.310. The van der Waals surface area contributed by atoms with E-state index in [0.717, 1.165) is 6.42 Å². The van der Waals surface area contributed by atoms with E-state index < -0.39 is 4.92 Å². The number of piperidine rings is 1. The number of amides is 2. The van der Waals surface area contributed by atoms with E-state index >= 15 is 0 Å². The van der Waals surface area contributed by atoms with Gasteiger partial charge in [0.15, 0.2) is 0 Å². The normalized spacial score (nSPS) is 14.7. The predicted molar refractivity (Wildman–Crippen MR) is 102 cm³/mol. The van der Waals surface area contributed by atoms with Crippen LogP contribution in [0.5, 0.6) is 0 Å². The molecule has 1 fully saturated rings. The molecular formula is C19H23N5O4. The van der Waals surface area contributed by atoms with Crippen molar-refractivity contribution in [2.45, 2.75) is 26.2 Å². The minimum Gasteiger partial charge on any atom is -0.356 e. The Hall–Kier alpha value is -3.23. The average molecular weight is 385 g/mol. The maximum absolute atomic E-state index is 12.8. The van der Waals surface area contributed by atoms with E-state index in [-0.39, 0.29) is 29.0 Å². The first-order chi connectivity index (χ1) is 13.5. The van der Waals surface area contributed by atoms with Gasteiger partial charge >= 0.3 is 0 Å². The molecule has 0 spiro atoms. The van der Waals surface area contributed by atoms with Gasteiger partial charge in [-0.2, -0.15) is 0 Å². The number of rotatable bonds is 6. The van der Waals surface area contributed by atoms with Crippen LogP contribution in [0.4, 0.5) is 5.69 Å². The van der Waals surface area contributed by atoms with E-state index in [1.54, 1.807) is 23.2 Å². The Bertz CT molecular complexity index is 857. The van der Waals surface area contributed by atoms with Crippen LogP contribution in [0.3, 0.4) is 0 Å². The monoisotopic (exact) mass is 385 g/mol. The Morgan fingerprint density at radius 3 is 2.68 bits per heavy atom. The summed E-state index contributed by atoms with van der Waals surface area (Å²) in [7, 11) is 0. The minimum atomic E-state index is -0.504. The number of nitrogens with zero attached hydrogens (tertiary/aromatic N) is 4. The van der Waals surface area contributed by atoms with Gasteiger partial charge in [-0.05, 0) is 31.4 Å². The summed E-state index contributed by atoms with van der Waals surface area (Å²) in [6.45, 7) is 3.57. The molecule has 1 aromatic carbocycles. The largest absolute Gasteiger partial charge is 0.356 e. The van der Waals surface area contributed by atoms with E-state index in [1.807, 2.05) is 6.92 Å². The first kappa shape index (κ1) is 19.5. The number of nitro groups is 1. The number of likely N-dealkylation sites (tertiary alicyclic amines) is 1. The smallest absolute Gasteiger partial charge is 0.294 e. The lowest BCUT2D eigenvalue weighted by atomic mass is 9.95. The second-order valence-electron chi connectivity index (χ2n) is 6.79. The highest BCUT2D eigenvalue weighted by atomic mass is 16.6. The third kappa shape index (κ3) is 4.19. The molecule has 9 nitrogen and oxygen atoms in total. The molecule has 0 unspecified atom stereocenters. The van der Waals surface area contributed by atoms with Crippen molar-refractivity contribution in [2.24, 2.45) is 5.92 Å². The van der Waals surface area contributed by atoms with Crippen molar-refractivity contribution in [3.8, 4) is 5.69 Å². The third-order valence-electron chi connectivity index (χ3n) is 4.90. The first-order valence-corrected chi connectivity index (χ1v) is 9.35. The Balaban J connectivity index is 1.71. The van der Waals surface area contributed by atoms with Gasteiger partial charge in [0.1, 0.15) is 5.69 Å². The van der Waals surface area contributed by atoms with E-state index in [9.17, 15) is 19.7 Å². The number of carbonyl (C=O) groups is 2.